The third kappa shape index (κ3) is 4.84. The van der Waals surface area contributed by atoms with Crippen LogP contribution in [0.2, 0.25) is 10.0 Å². The first-order chi connectivity index (χ1) is 11.8. The number of nitrogens with one attached hydrogen (secondary N) is 1. The highest BCUT2D eigenvalue weighted by molar-refractivity contribution is 6.36. The SMILES string of the molecule is COc1ccc(C(=O)O[C@H](C)C(=O)Nc2ccc(Cl)cc2Cl)c(F)c1. The Bertz CT molecular complexity index is 813. The van der Waals surface area contributed by atoms with Gasteiger partial charge < -0.3 is 14.8 Å². The van der Waals surface area contributed by atoms with Crippen LogP contribution in [-0.2, 0) is 9.53 Å². The van der Waals surface area contributed by atoms with E-state index >= 15 is 0 Å². The molecule has 0 aliphatic rings. The maximum atomic E-state index is 13.9. The second kappa shape index (κ2) is 8.18. The molecule has 5 nitrogen and oxygen atoms in total. The molecule has 0 unspecified atom stereocenters. The van der Waals surface area contributed by atoms with Crippen LogP contribution in [0, 0.1) is 5.82 Å². The summed E-state index contributed by atoms with van der Waals surface area (Å²) in [6, 6.07) is 8.21. The molecule has 0 saturated heterocycles. The quantitative estimate of drug-likeness (QED) is 0.778. The Labute approximate surface area is 153 Å². The Morgan fingerprint density at radius 2 is 1.88 bits per heavy atom. The number of amides is 1. The number of anilines is 1. The topological polar surface area (TPSA) is 64.6 Å². The van der Waals surface area contributed by atoms with Gasteiger partial charge in [-0.15, -0.1) is 0 Å². The van der Waals surface area contributed by atoms with Crippen molar-refractivity contribution in [3.8, 4) is 5.75 Å². The van der Waals surface area contributed by atoms with Crippen LogP contribution in [0.15, 0.2) is 36.4 Å². The number of hydrogen-bond acceptors (Lipinski definition) is 4. The third-order valence-corrected chi connectivity index (χ3v) is 3.79. The van der Waals surface area contributed by atoms with E-state index in [4.69, 9.17) is 32.7 Å². The molecule has 8 heteroatoms. The van der Waals surface area contributed by atoms with E-state index in [0.717, 1.165) is 6.07 Å². The molecule has 132 valence electrons. The molecule has 1 N–H and O–H groups in total. The van der Waals surface area contributed by atoms with Gasteiger partial charge in [-0.3, -0.25) is 4.79 Å². The minimum atomic E-state index is -1.17. The number of methoxy groups -OCH3 is 1. The van der Waals surface area contributed by atoms with Crippen molar-refractivity contribution >= 4 is 40.8 Å². The normalized spacial score (nSPS) is 11.6. The van der Waals surface area contributed by atoms with Gasteiger partial charge in [0.05, 0.1) is 23.4 Å². The van der Waals surface area contributed by atoms with E-state index in [2.05, 4.69) is 5.32 Å². The number of esters is 1. The van der Waals surface area contributed by atoms with Gasteiger partial charge in [0, 0.05) is 11.1 Å². The lowest BCUT2D eigenvalue weighted by atomic mass is 10.2. The van der Waals surface area contributed by atoms with Crippen LogP contribution in [0.3, 0.4) is 0 Å². The summed E-state index contributed by atoms with van der Waals surface area (Å²) in [5.74, 6) is -2.13. The summed E-state index contributed by atoms with van der Waals surface area (Å²) in [4.78, 5) is 24.1. The van der Waals surface area contributed by atoms with Crippen molar-refractivity contribution in [3.63, 3.8) is 0 Å². The van der Waals surface area contributed by atoms with Gasteiger partial charge in [0.15, 0.2) is 6.10 Å². The number of hydrogen-bond donors (Lipinski definition) is 1. The van der Waals surface area contributed by atoms with E-state index in [0.29, 0.717) is 10.7 Å². The minimum absolute atomic E-state index is 0.237. The average molecular weight is 386 g/mol. The number of rotatable bonds is 5. The average Bonchev–Trinajstić information content (AvgIpc) is 2.56. The zero-order valence-corrected chi connectivity index (χ0v) is 14.8. The van der Waals surface area contributed by atoms with Crippen LogP contribution in [0.4, 0.5) is 10.1 Å². The molecule has 0 bridgehead atoms. The van der Waals surface area contributed by atoms with Crippen molar-refractivity contribution in [1.29, 1.82) is 0 Å². The van der Waals surface area contributed by atoms with Gasteiger partial charge in [0.2, 0.25) is 0 Å². The zero-order valence-electron chi connectivity index (χ0n) is 13.3. The van der Waals surface area contributed by atoms with Crippen molar-refractivity contribution in [2.75, 3.05) is 12.4 Å². The van der Waals surface area contributed by atoms with E-state index in [1.807, 2.05) is 0 Å². The van der Waals surface area contributed by atoms with Crippen LogP contribution in [0.1, 0.15) is 17.3 Å². The Hall–Kier alpha value is -2.31. The molecule has 2 rings (SSSR count). The van der Waals surface area contributed by atoms with E-state index in [1.54, 1.807) is 6.07 Å². The number of benzene rings is 2. The summed E-state index contributed by atoms with van der Waals surface area (Å²) in [6.07, 6.45) is -1.17. The lowest BCUT2D eigenvalue weighted by molar-refractivity contribution is -0.123. The molecular formula is C17H14Cl2FNO4. The minimum Gasteiger partial charge on any atom is -0.497 e. The molecule has 0 fully saturated rings. The molecule has 1 atom stereocenters. The Balaban J connectivity index is 2.04. The van der Waals surface area contributed by atoms with Gasteiger partial charge in [0.1, 0.15) is 11.6 Å². The van der Waals surface area contributed by atoms with Crippen molar-refractivity contribution in [2.45, 2.75) is 13.0 Å². The number of halogens is 3. The summed E-state index contributed by atoms with van der Waals surface area (Å²) in [6.45, 7) is 1.36. The van der Waals surface area contributed by atoms with Crippen LogP contribution < -0.4 is 10.1 Å². The summed E-state index contributed by atoms with van der Waals surface area (Å²) in [7, 11) is 1.38. The maximum Gasteiger partial charge on any atom is 0.341 e. The largest absolute Gasteiger partial charge is 0.497 e. The van der Waals surface area contributed by atoms with E-state index in [1.165, 1.54) is 38.3 Å². The molecule has 0 saturated carbocycles. The van der Waals surface area contributed by atoms with Crippen LogP contribution in [0.5, 0.6) is 5.75 Å². The monoisotopic (exact) mass is 385 g/mol. The van der Waals surface area contributed by atoms with Crippen LogP contribution in [0.25, 0.3) is 0 Å². The Morgan fingerprint density at radius 3 is 2.48 bits per heavy atom. The Kier molecular flexibility index (Phi) is 6.22. The standard InChI is InChI=1S/C17H14Cl2FNO4/c1-9(16(22)21-15-6-3-10(18)7-13(15)19)25-17(23)12-5-4-11(24-2)8-14(12)20/h3-9H,1-2H3,(H,21,22)/t9-/m1/s1. The number of carbonyl (C=O) groups is 2. The molecular weight excluding hydrogens is 372 g/mol. The molecule has 0 spiro atoms. The van der Waals surface area contributed by atoms with Crippen molar-refractivity contribution < 1.29 is 23.5 Å². The number of carbonyl (C=O) groups excluding carboxylic acids is 2. The maximum absolute atomic E-state index is 13.9. The first-order valence-electron chi connectivity index (χ1n) is 7.12. The predicted octanol–water partition coefficient (Wildman–Crippen LogP) is 4.33. The first-order valence-corrected chi connectivity index (χ1v) is 7.88. The molecule has 0 aliphatic carbocycles. The molecule has 0 heterocycles. The summed E-state index contributed by atoms with van der Waals surface area (Å²) < 4.78 is 23.7. The molecule has 2 aromatic rings. The van der Waals surface area contributed by atoms with Gasteiger partial charge in [-0.1, -0.05) is 23.2 Å². The first kappa shape index (κ1) is 19.0. The highest BCUT2D eigenvalue weighted by Crippen LogP contribution is 2.25. The van der Waals surface area contributed by atoms with Crippen LogP contribution >= 0.6 is 23.2 Å². The summed E-state index contributed by atoms with van der Waals surface area (Å²) >= 11 is 11.7. The van der Waals surface area contributed by atoms with Crippen molar-refractivity contribution in [1.82, 2.24) is 0 Å². The van der Waals surface area contributed by atoms with E-state index in [9.17, 15) is 14.0 Å². The predicted molar refractivity (Wildman–Crippen MR) is 92.9 cm³/mol. The van der Waals surface area contributed by atoms with Gasteiger partial charge in [-0.05, 0) is 37.3 Å². The Morgan fingerprint density at radius 1 is 1.16 bits per heavy atom. The summed E-state index contributed by atoms with van der Waals surface area (Å²) in [5.41, 5.74) is 0.0135. The zero-order chi connectivity index (χ0) is 18.6. The molecule has 0 aliphatic heterocycles. The molecule has 0 aromatic heterocycles. The fourth-order valence-electron chi connectivity index (χ4n) is 1.89. The van der Waals surface area contributed by atoms with Crippen molar-refractivity contribution in [2.24, 2.45) is 0 Å². The molecule has 1 amide bonds. The molecule has 2 aromatic carbocycles. The second-order valence-electron chi connectivity index (χ2n) is 5.01. The van der Waals surface area contributed by atoms with E-state index in [-0.39, 0.29) is 16.3 Å². The fourth-order valence-corrected chi connectivity index (χ4v) is 2.35. The molecule has 25 heavy (non-hydrogen) atoms. The lowest BCUT2D eigenvalue weighted by Gasteiger charge is -2.14. The van der Waals surface area contributed by atoms with Gasteiger partial charge >= 0.3 is 5.97 Å². The third-order valence-electron chi connectivity index (χ3n) is 3.24. The number of ether oxygens (including phenoxy) is 2. The van der Waals surface area contributed by atoms with Gasteiger partial charge in [0.25, 0.3) is 5.91 Å². The van der Waals surface area contributed by atoms with Crippen molar-refractivity contribution in [3.05, 3.63) is 57.8 Å². The van der Waals surface area contributed by atoms with E-state index < -0.39 is 23.8 Å². The smallest absolute Gasteiger partial charge is 0.341 e. The fraction of sp³-hybridized carbons (Fsp3) is 0.176. The van der Waals surface area contributed by atoms with Crippen LogP contribution in [-0.4, -0.2) is 25.1 Å². The molecule has 0 radical (unpaired) electrons. The highest BCUT2D eigenvalue weighted by Gasteiger charge is 2.22. The second-order valence-corrected chi connectivity index (χ2v) is 5.85. The highest BCUT2D eigenvalue weighted by atomic mass is 35.5. The van der Waals surface area contributed by atoms with Gasteiger partial charge in [-0.25, -0.2) is 9.18 Å². The lowest BCUT2D eigenvalue weighted by Crippen LogP contribution is -2.30. The summed E-state index contributed by atoms with van der Waals surface area (Å²) in [5, 5.41) is 3.16. The van der Waals surface area contributed by atoms with Gasteiger partial charge in [-0.2, -0.15) is 0 Å².